The highest BCUT2D eigenvalue weighted by molar-refractivity contribution is 7.92. The molecule has 0 saturated heterocycles. The molecule has 1 heterocycles. The Morgan fingerprint density at radius 3 is 2.40 bits per heavy atom. The zero-order valence-corrected chi connectivity index (χ0v) is 16.2. The van der Waals surface area contributed by atoms with Gasteiger partial charge in [0.1, 0.15) is 12.7 Å². The molecule has 30 heavy (non-hydrogen) atoms. The number of carbonyl (C=O) groups is 2. The highest BCUT2D eigenvalue weighted by Crippen LogP contribution is 2.23. The number of aliphatic carboxylic acids is 1. The minimum atomic E-state index is -3.90. The van der Waals surface area contributed by atoms with E-state index in [1.165, 1.54) is 36.7 Å². The number of anilines is 2. The molecule has 0 spiro atoms. The number of hydrogen-bond donors (Lipinski definition) is 3. The summed E-state index contributed by atoms with van der Waals surface area (Å²) in [5, 5.41) is 11.7. The molecule has 3 rings (SSSR count). The maximum Gasteiger partial charge on any atom is 0.319 e. The number of ether oxygens (including phenoxy) is 1. The van der Waals surface area contributed by atoms with Crippen molar-refractivity contribution in [1.82, 2.24) is 4.98 Å². The van der Waals surface area contributed by atoms with Crippen LogP contribution in [-0.4, -0.2) is 30.4 Å². The third kappa shape index (κ3) is 5.58. The molecule has 0 aliphatic rings. The summed E-state index contributed by atoms with van der Waals surface area (Å²) in [6, 6.07) is 14.1. The zero-order chi connectivity index (χ0) is 21.6. The monoisotopic (exact) mass is 431 g/mol. The highest BCUT2D eigenvalue weighted by atomic mass is 32.2. The minimum absolute atomic E-state index is 0.0367. The van der Waals surface area contributed by atoms with E-state index in [-0.39, 0.29) is 10.9 Å². The zero-order valence-electron chi connectivity index (χ0n) is 15.4. The van der Waals surface area contributed by atoms with Crippen LogP contribution in [0.1, 0.15) is 18.2 Å². The lowest BCUT2D eigenvalue weighted by atomic mass is 10.2. The molecule has 0 radical (unpaired) electrons. The quantitative estimate of drug-likeness (QED) is 0.264. The number of carboxylic acid groups (broad SMARTS) is 1. The second kappa shape index (κ2) is 9.09. The number of hydrogen-bond acceptors (Lipinski definition) is 8. The van der Waals surface area contributed by atoms with E-state index in [2.05, 4.69) is 15.0 Å². The number of aromatic nitrogens is 1. The Morgan fingerprint density at radius 1 is 1.10 bits per heavy atom. The molecule has 156 valence electrons. The lowest BCUT2D eigenvalue weighted by Gasteiger charge is -2.20. The Bertz CT molecular complexity index is 1100. The third-order valence-corrected chi connectivity index (χ3v) is 5.10. The van der Waals surface area contributed by atoms with Crippen molar-refractivity contribution in [1.29, 1.82) is 0 Å². The molecular weight excluding hydrogens is 414 g/mol. The Kier molecular flexibility index (Phi) is 6.32. The first-order chi connectivity index (χ1) is 14.3. The highest BCUT2D eigenvalue weighted by Gasteiger charge is 2.20. The van der Waals surface area contributed by atoms with Crippen molar-refractivity contribution in [3.8, 4) is 0 Å². The van der Waals surface area contributed by atoms with E-state index in [0.717, 1.165) is 0 Å². The van der Waals surface area contributed by atoms with Crippen LogP contribution < -0.4 is 10.0 Å². The van der Waals surface area contributed by atoms with E-state index in [9.17, 15) is 18.0 Å². The van der Waals surface area contributed by atoms with Gasteiger partial charge in [-0.15, -0.1) is 0 Å². The largest absolute Gasteiger partial charge is 0.481 e. The SMILES string of the molecule is O=C(O)CC(=O)OC(Nc1ccc(S(=O)(=O)Nc2ncco2)cc1)c1ccccc1. The minimum Gasteiger partial charge on any atom is -0.481 e. The molecule has 0 fully saturated rings. The summed E-state index contributed by atoms with van der Waals surface area (Å²) in [6.07, 6.45) is 0.792. The predicted molar refractivity (Wildman–Crippen MR) is 105 cm³/mol. The lowest BCUT2D eigenvalue weighted by molar-refractivity contribution is -0.154. The summed E-state index contributed by atoms with van der Waals surface area (Å²) in [7, 11) is -3.90. The number of nitrogens with one attached hydrogen (secondary N) is 2. The molecular formula is C19H17N3O7S. The smallest absolute Gasteiger partial charge is 0.319 e. The average Bonchev–Trinajstić information content (AvgIpc) is 3.20. The van der Waals surface area contributed by atoms with E-state index < -0.39 is 34.6 Å². The summed E-state index contributed by atoms with van der Waals surface area (Å²) in [6.45, 7) is 0. The molecule has 1 aromatic heterocycles. The Morgan fingerprint density at radius 2 is 1.80 bits per heavy atom. The molecule has 11 heteroatoms. The second-order valence-electron chi connectivity index (χ2n) is 5.96. The van der Waals surface area contributed by atoms with Crippen LogP contribution in [0.25, 0.3) is 0 Å². The second-order valence-corrected chi connectivity index (χ2v) is 7.64. The third-order valence-electron chi connectivity index (χ3n) is 3.76. The topological polar surface area (TPSA) is 148 Å². The number of sulfonamides is 1. The van der Waals surface area contributed by atoms with Gasteiger partial charge in [0, 0.05) is 11.3 Å². The van der Waals surface area contributed by atoms with Crippen molar-refractivity contribution in [2.45, 2.75) is 17.5 Å². The summed E-state index contributed by atoms with van der Waals surface area (Å²) in [5.41, 5.74) is 1.03. The molecule has 0 bridgehead atoms. The van der Waals surface area contributed by atoms with Crippen LogP contribution in [-0.2, 0) is 24.3 Å². The molecule has 0 aliphatic carbocycles. The number of benzene rings is 2. The van der Waals surface area contributed by atoms with Gasteiger partial charge in [-0.2, -0.15) is 0 Å². The Balaban J connectivity index is 1.76. The number of oxazole rings is 1. The number of esters is 1. The van der Waals surface area contributed by atoms with Gasteiger partial charge in [-0.1, -0.05) is 30.3 Å². The van der Waals surface area contributed by atoms with Gasteiger partial charge in [0.2, 0.25) is 0 Å². The van der Waals surface area contributed by atoms with Gasteiger partial charge >= 0.3 is 18.0 Å². The van der Waals surface area contributed by atoms with Gasteiger partial charge in [0.25, 0.3) is 10.0 Å². The van der Waals surface area contributed by atoms with Crippen LogP contribution in [0.3, 0.4) is 0 Å². The van der Waals surface area contributed by atoms with Crippen molar-refractivity contribution in [3.05, 3.63) is 72.6 Å². The first-order valence-electron chi connectivity index (χ1n) is 8.58. The number of nitrogens with zero attached hydrogens (tertiary/aromatic N) is 1. The Hall–Kier alpha value is -3.86. The van der Waals surface area contributed by atoms with E-state index in [0.29, 0.717) is 11.3 Å². The maximum atomic E-state index is 12.3. The molecule has 0 amide bonds. The van der Waals surface area contributed by atoms with E-state index in [1.54, 1.807) is 30.3 Å². The fraction of sp³-hybridized carbons (Fsp3) is 0.105. The molecule has 3 aromatic rings. The van der Waals surface area contributed by atoms with Crippen LogP contribution in [0, 0.1) is 0 Å². The fourth-order valence-electron chi connectivity index (χ4n) is 2.43. The van der Waals surface area contributed by atoms with Gasteiger partial charge in [-0.05, 0) is 24.3 Å². The lowest BCUT2D eigenvalue weighted by Crippen LogP contribution is -2.20. The van der Waals surface area contributed by atoms with Crippen molar-refractivity contribution in [3.63, 3.8) is 0 Å². The van der Waals surface area contributed by atoms with Crippen LogP contribution in [0.2, 0.25) is 0 Å². The molecule has 1 atom stereocenters. The summed E-state index contributed by atoms with van der Waals surface area (Å²) in [5.74, 6) is -2.22. The van der Waals surface area contributed by atoms with E-state index >= 15 is 0 Å². The molecule has 0 saturated carbocycles. The van der Waals surface area contributed by atoms with Crippen LogP contribution in [0.4, 0.5) is 11.7 Å². The average molecular weight is 431 g/mol. The van der Waals surface area contributed by atoms with Crippen molar-refractivity contribution >= 4 is 33.7 Å². The summed E-state index contributed by atoms with van der Waals surface area (Å²) < 4.78 is 37.0. The summed E-state index contributed by atoms with van der Waals surface area (Å²) >= 11 is 0. The predicted octanol–water partition coefficient (Wildman–Crippen LogP) is 2.60. The van der Waals surface area contributed by atoms with E-state index in [1.807, 2.05) is 0 Å². The van der Waals surface area contributed by atoms with Crippen molar-refractivity contribution in [2.75, 3.05) is 10.0 Å². The molecule has 10 nitrogen and oxygen atoms in total. The molecule has 0 aliphatic heterocycles. The molecule has 3 N–H and O–H groups in total. The van der Waals surface area contributed by atoms with Crippen molar-refractivity contribution < 1.29 is 32.3 Å². The van der Waals surface area contributed by atoms with Crippen LogP contribution in [0.15, 0.2) is 76.4 Å². The van der Waals surface area contributed by atoms with E-state index in [4.69, 9.17) is 14.3 Å². The fourth-order valence-corrected chi connectivity index (χ4v) is 3.38. The van der Waals surface area contributed by atoms with Crippen molar-refractivity contribution in [2.24, 2.45) is 0 Å². The number of rotatable bonds is 9. The normalized spacial score (nSPS) is 12.0. The van der Waals surface area contributed by atoms with Gasteiger partial charge in [0.05, 0.1) is 11.1 Å². The molecule has 1 unspecified atom stereocenters. The van der Waals surface area contributed by atoms with Crippen LogP contribution >= 0.6 is 0 Å². The van der Waals surface area contributed by atoms with Gasteiger partial charge in [-0.3, -0.25) is 9.59 Å². The van der Waals surface area contributed by atoms with Gasteiger partial charge in [-0.25, -0.2) is 18.1 Å². The van der Waals surface area contributed by atoms with Gasteiger partial charge < -0.3 is 19.6 Å². The summed E-state index contributed by atoms with van der Waals surface area (Å²) in [4.78, 5) is 26.2. The Labute approximate surface area is 171 Å². The first kappa shape index (κ1) is 20.9. The maximum absolute atomic E-state index is 12.3. The number of carboxylic acids is 1. The standard InChI is InChI=1S/C19H17N3O7S/c23-16(24)12-17(25)29-18(13-4-2-1-3-5-13)21-14-6-8-15(9-7-14)30(26,27)22-19-20-10-11-28-19/h1-11,18,21H,12H2,(H,20,22)(H,23,24). The molecule has 2 aromatic carbocycles. The van der Waals surface area contributed by atoms with Crippen LogP contribution in [0.5, 0.6) is 0 Å². The van der Waals surface area contributed by atoms with Gasteiger partial charge in [0.15, 0.2) is 6.23 Å². The first-order valence-corrected chi connectivity index (χ1v) is 10.1. The number of carbonyl (C=O) groups excluding carboxylic acids is 1.